The zero-order chi connectivity index (χ0) is 27.3. The van der Waals surface area contributed by atoms with Crippen LogP contribution in [0.1, 0.15) is 115 Å². The van der Waals surface area contributed by atoms with Crippen LogP contribution in [0.4, 0.5) is 0 Å². The second-order valence-corrected chi connectivity index (χ2v) is 20.5. The number of hydrogen-bond acceptors (Lipinski definition) is 0. The van der Waals surface area contributed by atoms with Gasteiger partial charge < -0.3 is 24.8 Å². The molecule has 2 fully saturated rings. The first-order chi connectivity index (χ1) is 18.0. The molecule has 40 heavy (non-hydrogen) atoms. The van der Waals surface area contributed by atoms with E-state index in [4.69, 9.17) is 0 Å². The molecule has 3 aromatic rings. The molecule has 4 heteroatoms. The molecule has 0 aliphatic heterocycles. The van der Waals surface area contributed by atoms with Crippen LogP contribution in [0.3, 0.4) is 0 Å². The van der Waals surface area contributed by atoms with Crippen molar-refractivity contribution in [1.29, 1.82) is 0 Å². The molecule has 0 nitrogen and oxygen atoms in total. The van der Waals surface area contributed by atoms with Crippen LogP contribution < -0.4 is 24.8 Å². The SMILES string of the molecule is CC(C)(C)c1[c-]c2c(cc1)-c1ccc(C(C)(C)C)cc1C2.[Cl-].[Cl-].[Zr+2]=[Si](C1CCCC1)C1CCCC1.c1cc[cH-]c1. The predicted octanol–water partition coefficient (Wildman–Crippen LogP) is 4.48. The zero-order valence-corrected chi connectivity index (χ0v) is 30.5. The summed E-state index contributed by atoms with van der Waals surface area (Å²) in [6.07, 6.45) is 13.7. The molecule has 0 atom stereocenters. The van der Waals surface area contributed by atoms with Crippen molar-refractivity contribution in [1.82, 2.24) is 0 Å². The van der Waals surface area contributed by atoms with Crippen molar-refractivity contribution < 1.29 is 48.1 Å². The molecule has 0 heterocycles. The summed E-state index contributed by atoms with van der Waals surface area (Å²) in [4.78, 5) is 0. The average Bonchev–Trinajstić information content (AvgIpc) is 3.70. The van der Waals surface area contributed by atoms with Crippen molar-refractivity contribution >= 4 is 5.43 Å². The van der Waals surface area contributed by atoms with Gasteiger partial charge in [0.25, 0.3) is 0 Å². The van der Waals surface area contributed by atoms with Crippen molar-refractivity contribution in [2.24, 2.45) is 0 Å². The number of halogens is 2. The van der Waals surface area contributed by atoms with E-state index in [1.165, 1.54) is 44.5 Å². The van der Waals surface area contributed by atoms with Gasteiger partial charge in [0.2, 0.25) is 0 Å². The molecule has 0 bridgehead atoms. The van der Waals surface area contributed by atoms with E-state index in [2.05, 4.69) is 77.9 Å². The van der Waals surface area contributed by atoms with E-state index in [0.717, 1.165) is 6.42 Å². The Bertz CT molecular complexity index is 1090. The Labute approximate surface area is 273 Å². The first kappa shape index (κ1) is 35.7. The van der Waals surface area contributed by atoms with E-state index in [0.29, 0.717) is 0 Å². The van der Waals surface area contributed by atoms with Crippen molar-refractivity contribution in [2.75, 3.05) is 0 Å². The third-order valence-electron chi connectivity index (χ3n) is 8.61. The summed E-state index contributed by atoms with van der Waals surface area (Å²) < 4.78 is 0. The number of rotatable bonds is 2. The molecule has 216 valence electrons. The fraction of sp³-hybridized carbons (Fsp3) is 0.528. The van der Waals surface area contributed by atoms with Gasteiger partial charge in [-0.3, -0.25) is 0 Å². The van der Waals surface area contributed by atoms with Crippen molar-refractivity contribution in [2.45, 2.75) is 121 Å². The molecule has 0 N–H and O–H groups in total. The number of fused-ring (bicyclic) bond motifs is 3. The van der Waals surface area contributed by atoms with Crippen LogP contribution in [0.25, 0.3) is 11.1 Å². The van der Waals surface area contributed by atoms with E-state index < -0.39 is 0 Å². The summed E-state index contributed by atoms with van der Waals surface area (Å²) in [6.45, 7) is 13.6. The molecule has 0 amide bonds. The summed E-state index contributed by atoms with van der Waals surface area (Å²) in [6, 6.07) is 25.2. The molecule has 3 aliphatic rings. The van der Waals surface area contributed by atoms with Crippen LogP contribution in [0.2, 0.25) is 11.1 Å². The van der Waals surface area contributed by atoms with Gasteiger partial charge in [-0.2, -0.15) is 42.0 Å². The second kappa shape index (κ2) is 15.8. The summed E-state index contributed by atoms with van der Waals surface area (Å²) in [5.74, 6) is 0. The molecule has 0 aromatic heterocycles. The Morgan fingerprint density at radius 2 is 1.27 bits per heavy atom. The van der Waals surface area contributed by atoms with Gasteiger partial charge in [-0.25, -0.2) is 12.1 Å². The normalized spacial score (nSPS) is 16.4. The average molecular weight is 671 g/mol. The monoisotopic (exact) mass is 668 g/mol. The first-order valence-corrected chi connectivity index (χ1v) is 20.3. The summed E-state index contributed by atoms with van der Waals surface area (Å²) in [7, 11) is 0. The predicted molar refractivity (Wildman–Crippen MR) is 163 cm³/mol. The van der Waals surface area contributed by atoms with E-state index >= 15 is 0 Å². The quantitative estimate of drug-likeness (QED) is 0.218. The molecule has 0 radical (unpaired) electrons. The minimum absolute atomic E-state index is 0. The minimum Gasteiger partial charge on any atom is -0.214 e. The van der Waals surface area contributed by atoms with Crippen molar-refractivity contribution in [3.63, 3.8) is 0 Å². The van der Waals surface area contributed by atoms with Crippen molar-refractivity contribution in [3.8, 4) is 11.1 Å². The maximum absolute atomic E-state index is 3.67. The third-order valence-corrected chi connectivity index (χ3v) is 17.5. The van der Waals surface area contributed by atoms with Gasteiger partial charge >= 0.3 is 91.2 Å². The molecule has 6 rings (SSSR count). The molecular weight excluding hydrogens is 623 g/mol. The zero-order valence-electron chi connectivity index (χ0n) is 25.5. The summed E-state index contributed by atoms with van der Waals surface area (Å²) >= 11 is 1.94. The van der Waals surface area contributed by atoms with E-state index in [-0.39, 0.29) is 41.1 Å². The van der Waals surface area contributed by atoms with E-state index in [1.807, 2.05) is 53.7 Å². The van der Waals surface area contributed by atoms with E-state index in [1.54, 1.807) is 51.4 Å². The molecule has 3 aliphatic carbocycles. The second-order valence-electron chi connectivity index (χ2n) is 13.7. The molecule has 0 unspecified atom stereocenters. The summed E-state index contributed by atoms with van der Waals surface area (Å²) in [5.41, 5.74) is 11.3. The van der Waals surface area contributed by atoms with Crippen LogP contribution in [-0.2, 0) is 40.6 Å². The van der Waals surface area contributed by atoms with Crippen molar-refractivity contribution in [3.05, 3.63) is 89.0 Å². The summed E-state index contributed by atoms with van der Waals surface area (Å²) in [5, 5.41) is 0. The van der Waals surface area contributed by atoms with Gasteiger partial charge in [0, 0.05) is 0 Å². The Morgan fingerprint density at radius 1 is 0.750 bits per heavy atom. The molecule has 0 spiro atoms. The first-order valence-electron chi connectivity index (χ1n) is 15.0. The largest absolute Gasteiger partial charge is 0.214 e. The Hall–Kier alpha value is -0.530. The van der Waals surface area contributed by atoms with E-state index in [9.17, 15) is 0 Å². The molecule has 0 saturated heterocycles. The van der Waals surface area contributed by atoms with Gasteiger partial charge in [0.05, 0.1) is 0 Å². The Morgan fingerprint density at radius 3 is 1.73 bits per heavy atom. The third kappa shape index (κ3) is 9.49. The standard InChI is InChI=1S/C21H25.C10H18Si.C5H5.2ClH.Zr/c1-20(2,3)16-7-9-18-14(12-16)11-15-13-17(21(4,5)6)8-10-19(15)18;1-2-6-9(5-1)11-10-7-3-4-8-10;1-2-4-5-3-1;;;/h7-10,12H,11H2,1-6H3;9-10H,1-8H2;1-5H;2*1H;/q-1;;-1;;;+2/p-2. The van der Waals surface area contributed by atoms with Gasteiger partial charge in [-0.05, 0) is 28.4 Å². The Kier molecular flexibility index (Phi) is 14.1. The minimum atomic E-state index is 0. The maximum atomic E-state index is 3.67. The fourth-order valence-electron chi connectivity index (χ4n) is 6.16. The van der Waals surface area contributed by atoms with Crippen LogP contribution in [0, 0.1) is 6.07 Å². The van der Waals surface area contributed by atoms with Crippen LogP contribution in [0.5, 0.6) is 0 Å². The fourth-order valence-corrected chi connectivity index (χ4v) is 13.1. The number of hydrogen-bond donors (Lipinski definition) is 0. The Balaban J connectivity index is 0.000000248. The van der Waals surface area contributed by atoms with Crippen LogP contribution >= 0.6 is 0 Å². The maximum Gasteiger partial charge on any atom is -0.172 e. The van der Waals surface area contributed by atoms with Crippen LogP contribution in [-0.4, -0.2) is 5.43 Å². The smallest absolute Gasteiger partial charge is 0.172 e. The topological polar surface area (TPSA) is 0 Å². The number of benzene rings is 2. The van der Waals surface area contributed by atoms with Gasteiger partial charge in [-0.1, -0.05) is 65.3 Å². The van der Waals surface area contributed by atoms with Crippen LogP contribution in [0.15, 0.2) is 60.7 Å². The van der Waals surface area contributed by atoms with Gasteiger partial charge in [0.15, 0.2) is 0 Å². The molecular formula is C36H48Cl2SiZr-2. The molecule has 2 saturated carbocycles. The van der Waals surface area contributed by atoms with Gasteiger partial charge in [0.1, 0.15) is 0 Å². The molecule has 3 aromatic carbocycles. The van der Waals surface area contributed by atoms with Gasteiger partial charge in [-0.15, -0.1) is 11.1 Å².